The Hall–Kier alpha value is -0.550. The molecule has 62 valence electrons. The predicted octanol–water partition coefficient (Wildman–Crippen LogP) is 1.63. The van der Waals surface area contributed by atoms with Crippen molar-refractivity contribution >= 4 is 0 Å². The zero-order valence-electron chi connectivity index (χ0n) is 7.21. The Bertz CT molecular complexity index is 148. The van der Waals surface area contributed by atoms with Crippen LogP contribution in [0.1, 0.15) is 26.2 Å². The van der Waals surface area contributed by atoms with E-state index in [1.54, 1.807) is 0 Å². The maximum absolute atomic E-state index is 8.75. The molecule has 0 aromatic heterocycles. The topological polar surface area (TPSA) is 27.0 Å². The van der Waals surface area contributed by atoms with Gasteiger partial charge in [-0.3, -0.25) is 0 Å². The van der Waals surface area contributed by atoms with Gasteiger partial charge in [-0.1, -0.05) is 13.3 Å². The second kappa shape index (κ2) is 4.35. The summed E-state index contributed by atoms with van der Waals surface area (Å²) < 4.78 is 0. The van der Waals surface area contributed by atoms with Crippen molar-refractivity contribution in [3.8, 4) is 6.07 Å². The van der Waals surface area contributed by atoms with E-state index in [2.05, 4.69) is 17.9 Å². The van der Waals surface area contributed by atoms with Gasteiger partial charge in [0, 0.05) is 6.54 Å². The number of hydrogen-bond acceptors (Lipinski definition) is 2. The normalized spacial score (nSPS) is 27.5. The van der Waals surface area contributed by atoms with Gasteiger partial charge in [-0.25, -0.2) is 0 Å². The van der Waals surface area contributed by atoms with E-state index in [-0.39, 0.29) is 5.92 Å². The monoisotopic (exact) mass is 152 g/mol. The second-order valence-corrected chi connectivity index (χ2v) is 3.22. The molecule has 0 N–H and O–H groups in total. The summed E-state index contributed by atoms with van der Waals surface area (Å²) in [5, 5.41) is 8.75. The molecular formula is C9H16N2. The average Bonchev–Trinajstić information content (AvgIpc) is 2.28. The average molecular weight is 152 g/mol. The Morgan fingerprint density at radius 2 is 2.36 bits per heavy atom. The molecule has 0 radical (unpaired) electrons. The van der Waals surface area contributed by atoms with E-state index in [1.807, 2.05) is 0 Å². The van der Waals surface area contributed by atoms with Crippen LogP contribution in [0.4, 0.5) is 0 Å². The first-order valence-electron chi connectivity index (χ1n) is 4.48. The number of hydrogen-bond donors (Lipinski definition) is 0. The highest BCUT2D eigenvalue weighted by Crippen LogP contribution is 2.14. The minimum atomic E-state index is 0.289. The van der Waals surface area contributed by atoms with E-state index in [9.17, 15) is 0 Å². The SMILES string of the molecule is CCN1CCCCC(C#N)C1. The highest BCUT2D eigenvalue weighted by atomic mass is 15.1. The van der Waals surface area contributed by atoms with Gasteiger partial charge in [0.2, 0.25) is 0 Å². The molecule has 1 rings (SSSR count). The standard InChI is InChI=1S/C9H16N2/c1-2-11-6-4-3-5-9(7-10)8-11/h9H,2-6,8H2,1H3. The summed E-state index contributed by atoms with van der Waals surface area (Å²) in [6, 6.07) is 2.37. The molecule has 0 spiro atoms. The van der Waals surface area contributed by atoms with Crippen molar-refractivity contribution in [1.29, 1.82) is 5.26 Å². The van der Waals surface area contributed by atoms with Gasteiger partial charge in [-0.15, -0.1) is 0 Å². The summed E-state index contributed by atoms with van der Waals surface area (Å²) in [4.78, 5) is 2.38. The lowest BCUT2D eigenvalue weighted by molar-refractivity contribution is 0.282. The molecule has 1 unspecified atom stereocenters. The Morgan fingerprint density at radius 1 is 1.55 bits per heavy atom. The van der Waals surface area contributed by atoms with Crippen molar-refractivity contribution in [2.24, 2.45) is 5.92 Å². The van der Waals surface area contributed by atoms with Gasteiger partial charge in [0.25, 0.3) is 0 Å². The number of likely N-dealkylation sites (tertiary alicyclic amines) is 1. The van der Waals surface area contributed by atoms with Gasteiger partial charge in [0.15, 0.2) is 0 Å². The molecule has 1 aliphatic heterocycles. The van der Waals surface area contributed by atoms with Crippen molar-refractivity contribution < 1.29 is 0 Å². The Balaban J connectivity index is 2.41. The lowest BCUT2D eigenvalue weighted by Gasteiger charge is -2.18. The molecule has 1 aliphatic rings. The van der Waals surface area contributed by atoms with Gasteiger partial charge in [-0.2, -0.15) is 5.26 Å². The van der Waals surface area contributed by atoms with E-state index in [0.29, 0.717) is 0 Å². The summed E-state index contributed by atoms with van der Waals surface area (Å²) >= 11 is 0. The summed E-state index contributed by atoms with van der Waals surface area (Å²) in [6.45, 7) is 5.44. The molecule has 0 saturated carbocycles. The third-order valence-corrected chi connectivity index (χ3v) is 2.39. The van der Waals surface area contributed by atoms with Crippen molar-refractivity contribution in [3.05, 3.63) is 0 Å². The first-order chi connectivity index (χ1) is 5.36. The van der Waals surface area contributed by atoms with Crippen LogP contribution in [0.3, 0.4) is 0 Å². The molecule has 0 aromatic rings. The van der Waals surface area contributed by atoms with Gasteiger partial charge in [-0.05, 0) is 25.9 Å². The van der Waals surface area contributed by atoms with Crippen molar-refractivity contribution in [2.45, 2.75) is 26.2 Å². The third-order valence-electron chi connectivity index (χ3n) is 2.39. The third kappa shape index (κ3) is 2.51. The quantitative estimate of drug-likeness (QED) is 0.571. The molecule has 2 heteroatoms. The van der Waals surface area contributed by atoms with Crippen LogP contribution in [0, 0.1) is 17.2 Å². The van der Waals surface area contributed by atoms with Crippen LogP contribution in [0.25, 0.3) is 0 Å². The Kier molecular flexibility index (Phi) is 3.38. The van der Waals surface area contributed by atoms with Crippen molar-refractivity contribution in [3.63, 3.8) is 0 Å². The summed E-state index contributed by atoms with van der Waals surface area (Å²) in [6.07, 6.45) is 3.60. The van der Waals surface area contributed by atoms with Gasteiger partial charge < -0.3 is 4.90 Å². The van der Waals surface area contributed by atoms with E-state index < -0.39 is 0 Å². The number of nitrogens with zero attached hydrogens (tertiary/aromatic N) is 2. The van der Waals surface area contributed by atoms with Gasteiger partial charge in [0.05, 0.1) is 12.0 Å². The van der Waals surface area contributed by atoms with Crippen LogP contribution in [0.5, 0.6) is 0 Å². The Morgan fingerprint density at radius 3 is 3.00 bits per heavy atom. The van der Waals surface area contributed by atoms with Crippen LogP contribution >= 0.6 is 0 Å². The summed E-state index contributed by atoms with van der Waals surface area (Å²) in [5.41, 5.74) is 0. The molecule has 1 heterocycles. The van der Waals surface area contributed by atoms with E-state index in [1.165, 1.54) is 19.4 Å². The maximum Gasteiger partial charge on any atom is 0.0669 e. The fourth-order valence-electron chi connectivity index (χ4n) is 1.61. The zero-order chi connectivity index (χ0) is 8.10. The van der Waals surface area contributed by atoms with Gasteiger partial charge in [0.1, 0.15) is 0 Å². The van der Waals surface area contributed by atoms with E-state index in [4.69, 9.17) is 5.26 Å². The fraction of sp³-hybridized carbons (Fsp3) is 0.889. The van der Waals surface area contributed by atoms with Crippen molar-refractivity contribution in [1.82, 2.24) is 4.90 Å². The molecule has 0 amide bonds. The van der Waals surface area contributed by atoms with Gasteiger partial charge >= 0.3 is 0 Å². The molecule has 1 fully saturated rings. The molecule has 1 saturated heterocycles. The zero-order valence-corrected chi connectivity index (χ0v) is 7.21. The molecular weight excluding hydrogens is 136 g/mol. The van der Waals surface area contributed by atoms with E-state index in [0.717, 1.165) is 19.5 Å². The van der Waals surface area contributed by atoms with Crippen LogP contribution in [-0.2, 0) is 0 Å². The number of rotatable bonds is 1. The molecule has 0 aliphatic carbocycles. The Labute approximate surface area is 68.8 Å². The highest BCUT2D eigenvalue weighted by molar-refractivity contribution is 4.86. The van der Waals surface area contributed by atoms with E-state index >= 15 is 0 Å². The predicted molar refractivity (Wildman–Crippen MR) is 45.1 cm³/mol. The minimum absolute atomic E-state index is 0.289. The summed E-state index contributed by atoms with van der Waals surface area (Å²) in [5.74, 6) is 0.289. The first-order valence-corrected chi connectivity index (χ1v) is 4.48. The largest absolute Gasteiger partial charge is 0.302 e. The first kappa shape index (κ1) is 8.55. The minimum Gasteiger partial charge on any atom is -0.302 e. The molecule has 0 bridgehead atoms. The molecule has 1 atom stereocenters. The molecule has 0 aromatic carbocycles. The molecule has 2 nitrogen and oxygen atoms in total. The lowest BCUT2D eigenvalue weighted by Crippen LogP contribution is -2.27. The lowest BCUT2D eigenvalue weighted by atomic mass is 10.1. The van der Waals surface area contributed by atoms with Crippen LogP contribution in [-0.4, -0.2) is 24.5 Å². The molecule has 11 heavy (non-hydrogen) atoms. The second-order valence-electron chi connectivity index (χ2n) is 3.22. The summed E-state index contributed by atoms with van der Waals surface area (Å²) in [7, 11) is 0. The van der Waals surface area contributed by atoms with Crippen molar-refractivity contribution in [2.75, 3.05) is 19.6 Å². The highest BCUT2D eigenvalue weighted by Gasteiger charge is 2.15. The van der Waals surface area contributed by atoms with Crippen LogP contribution in [0.15, 0.2) is 0 Å². The van der Waals surface area contributed by atoms with Crippen LogP contribution < -0.4 is 0 Å². The fourth-order valence-corrected chi connectivity index (χ4v) is 1.61. The maximum atomic E-state index is 8.75. The number of nitriles is 1. The smallest absolute Gasteiger partial charge is 0.0669 e. The van der Waals surface area contributed by atoms with Crippen LogP contribution in [0.2, 0.25) is 0 Å².